The van der Waals surface area contributed by atoms with Crippen molar-refractivity contribution in [3.63, 3.8) is 0 Å². The molecule has 2 heterocycles. The molecule has 6 heteroatoms. The van der Waals surface area contributed by atoms with Gasteiger partial charge < -0.3 is 4.90 Å². The van der Waals surface area contributed by atoms with Crippen molar-refractivity contribution in [2.24, 2.45) is 0 Å². The fraction of sp³-hybridized carbons (Fsp3) is 0.217. The third kappa shape index (κ3) is 5.12. The van der Waals surface area contributed by atoms with Gasteiger partial charge >= 0.3 is 0 Å². The molecule has 0 atom stereocenters. The first kappa shape index (κ1) is 19.8. The number of halogens is 1. The van der Waals surface area contributed by atoms with Crippen LogP contribution in [-0.4, -0.2) is 53.4 Å². The second-order valence-corrected chi connectivity index (χ2v) is 8.25. The molecule has 3 aromatic rings. The highest BCUT2D eigenvalue weighted by Gasteiger charge is 2.23. The molecule has 148 valence electrons. The number of aromatic nitrogens is 1. The summed E-state index contributed by atoms with van der Waals surface area (Å²) in [5.74, 6) is 0.0148. The highest BCUT2D eigenvalue weighted by molar-refractivity contribution is 7.13. The van der Waals surface area contributed by atoms with Crippen LogP contribution in [0.5, 0.6) is 0 Å². The van der Waals surface area contributed by atoms with Gasteiger partial charge in [0.25, 0.3) is 5.91 Å². The number of thiazole rings is 1. The fourth-order valence-corrected chi connectivity index (χ4v) is 4.22. The van der Waals surface area contributed by atoms with Crippen molar-refractivity contribution in [3.8, 4) is 10.6 Å². The zero-order chi connectivity index (χ0) is 20.1. The maximum atomic E-state index is 12.8. The summed E-state index contributed by atoms with van der Waals surface area (Å²) in [4.78, 5) is 21.6. The predicted octanol–water partition coefficient (Wildman–Crippen LogP) is 4.93. The number of carbonyl (C=O) groups excluding carboxylic acids is 1. The molecule has 1 saturated heterocycles. The summed E-state index contributed by atoms with van der Waals surface area (Å²) < 4.78 is 0. The first-order valence-electron chi connectivity index (χ1n) is 9.64. The average molecular weight is 424 g/mol. The van der Waals surface area contributed by atoms with Crippen molar-refractivity contribution >= 4 is 34.9 Å². The van der Waals surface area contributed by atoms with E-state index in [-0.39, 0.29) is 5.91 Å². The van der Waals surface area contributed by atoms with Gasteiger partial charge in [0.1, 0.15) is 10.7 Å². The Morgan fingerprint density at radius 1 is 1.03 bits per heavy atom. The largest absolute Gasteiger partial charge is 0.335 e. The summed E-state index contributed by atoms with van der Waals surface area (Å²) in [6.07, 6.45) is 4.33. The molecule has 0 spiro atoms. The van der Waals surface area contributed by atoms with E-state index in [2.05, 4.69) is 34.2 Å². The van der Waals surface area contributed by atoms with E-state index in [1.807, 2.05) is 52.7 Å². The Balaban J connectivity index is 1.30. The van der Waals surface area contributed by atoms with Crippen LogP contribution in [0.4, 0.5) is 0 Å². The van der Waals surface area contributed by atoms with Gasteiger partial charge in [-0.05, 0) is 17.7 Å². The first-order chi connectivity index (χ1) is 14.2. The highest BCUT2D eigenvalue weighted by Crippen LogP contribution is 2.25. The lowest BCUT2D eigenvalue weighted by atomic mass is 10.2. The van der Waals surface area contributed by atoms with E-state index in [1.54, 1.807) is 0 Å². The van der Waals surface area contributed by atoms with Crippen molar-refractivity contribution < 1.29 is 4.79 Å². The van der Waals surface area contributed by atoms with Gasteiger partial charge in [-0.3, -0.25) is 9.69 Å². The Bertz CT molecular complexity index is 977. The lowest BCUT2D eigenvalue weighted by Crippen LogP contribution is -2.48. The highest BCUT2D eigenvalue weighted by atomic mass is 35.5. The molecule has 2 aromatic carbocycles. The molecule has 29 heavy (non-hydrogen) atoms. The van der Waals surface area contributed by atoms with E-state index in [0.29, 0.717) is 10.7 Å². The zero-order valence-corrected chi connectivity index (χ0v) is 17.6. The number of carbonyl (C=O) groups is 1. The minimum Gasteiger partial charge on any atom is -0.335 e. The van der Waals surface area contributed by atoms with Crippen LogP contribution < -0.4 is 0 Å². The Labute approximate surface area is 180 Å². The normalized spacial score (nSPS) is 15.1. The molecule has 1 aliphatic rings. The second-order valence-electron chi connectivity index (χ2n) is 6.95. The summed E-state index contributed by atoms with van der Waals surface area (Å²) in [7, 11) is 0. The Kier molecular flexibility index (Phi) is 6.39. The van der Waals surface area contributed by atoms with Gasteiger partial charge in [-0.15, -0.1) is 11.3 Å². The zero-order valence-electron chi connectivity index (χ0n) is 16.0. The van der Waals surface area contributed by atoms with Crippen LogP contribution in [0.3, 0.4) is 0 Å². The van der Waals surface area contributed by atoms with Crippen LogP contribution in [0.15, 0.2) is 66.1 Å². The monoisotopic (exact) mass is 423 g/mol. The molecular formula is C23H22ClN3OS. The average Bonchev–Trinajstić information content (AvgIpc) is 3.25. The van der Waals surface area contributed by atoms with Crippen LogP contribution in [0, 0.1) is 0 Å². The molecule has 1 aromatic heterocycles. The van der Waals surface area contributed by atoms with Gasteiger partial charge in [0.05, 0.1) is 0 Å². The third-order valence-electron chi connectivity index (χ3n) is 4.95. The molecular weight excluding hydrogens is 402 g/mol. The second kappa shape index (κ2) is 9.35. The summed E-state index contributed by atoms with van der Waals surface area (Å²) in [5.41, 5.74) is 2.71. The van der Waals surface area contributed by atoms with Crippen LogP contribution in [0.1, 0.15) is 16.1 Å². The van der Waals surface area contributed by atoms with Crippen molar-refractivity contribution in [2.45, 2.75) is 0 Å². The van der Waals surface area contributed by atoms with E-state index in [4.69, 9.17) is 11.6 Å². The van der Waals surface area contributed by atoms with Gasteiger partial charge in [0, 0.05) is 48.7 Å². The van der Waals surface area contributed by atoms with Gasteiger partial charge in [0.2, 0.25) is 0 Å². The molecule has 4 nitrogen and oxygen atoms in total. The van der Waals surface area contributed by atoms with Gasteiger partial charge in [-0.2, -0.15) is 0 Å². The smallest absolute Gasteiger partial charge is 0.273 e. The van der Waals surface area contributed by atoms with Crippen LogP contribution in [-0.2, 0) is 0 Å². The topological polar surface area (TPSA) is 36.4 Å². The molecule has 1 fully saturated rings. The number of benzene rings is 2. The summed E-state index contributed by atoms with van der Waals surface area (Å²) in [6.45, 7) is 4.10. The van der Waals surface area contributed by atoms with Crippen molar-refractivity contribution in [3.05, 3.63) is 82.3 Å². The maximum absolute atomic E-state index is 12.8. The molecule has 1 amide bonds. The Morgan fingerprint density at radius 3 is 2.48 bits per heavy atom. The molecule has 0 aliphatic carbocycles. The summed E-state index contributed by atoms with van der Waals surface area (Å²) in [6, 6.07) is 17.8. The number of hydrogen-bond donors (Lipinski definition) is 0. The minimum atomic E-state index is 0.0148. The van der Waals surface area contributed by atoms with Gasteiger partial charge in [-0.1, -0.05) is 66.2 Å². The van der Waals surface area contributed by atoms with Crippen LogP contribution >= 0.6 is 22.9 Å². The van der Waals surface area contributed by atoms with Crippen molar-refractivity contribution in [1.29, 1.82) is 0 Å². The molecule has 4 rings (SSSR count). The molecule has 1 aliphatic heterocycles. The lowest BCUT2D eigenvalue weighted by Gasteiger charge is -2.33. The fourth-order valence-electron chi connectivity index (χ4n) is 3.29. The number of hydrogen-bond acceptors (Lipinski definition) is 4. The maximum Gasteiger partial charge on any atom is 0.273 e. The standard InChI is InChI=1S/C23H22ClN3OS/c24-20-10-8-19(9-11-20)22-25-21(17-29-22)23(28)27-15-13-26(14-16-27)12-4-7-18-5-2-1-3-6-18/h1-11,17H,12-16H2/b7-4+. The summed E-state index contributed by atoms with van der Waals surface area (Å²) >= 11 is 7.43. The van der Waals surface area contributed by atoms with E-state index in [9.17, 15) is 4.79 Å². The van der Waals surface area contributed by atoms with Crippen molar-refractivity contribution in [1.82, 2.24) is 14.8 Å². The van der Waals surface area contributed by atoms with E-state index < -0.39 is 0 Å². The van der Waals surface area contributed by atoms with E-state index in [1.165, 1.54) is 16.9 Å². The quantitative estimate of drug-likeness (QED) is 0.583. The number of nitrogens with zero attached hydrogens (tertiary/aromatic N) is 3. The van der Waals surface area contributed by atoms with Gasteiger partial charge in [0.15, 0.2) is 0 Å². The van der Waals surface area contributed by atoms with Crippen molar-refractivity contribution in [2.75, 3.05) is 32.7 Å². The number of piperazine rings is 1. The Morgan fingerprint density at radius 2 is 1.76 bits per heavy atom. The summed E-state index contributed by atoms with van der Waals surface area (Å²) in [5, 5.41) is 3.38. The SMILES string of the molecule is O=C(c1csc(-c2ccc(Cl)cc2)n1)N1CCN(C/C=C/c2ccccc2)CC1. The third-order valence-corrected chi connectivity index (χ3v) is 6.09. The molecule has 0 saturated carbocycles. The number of rotatable bonds is 5. The minimum absolute atomic E-state index is 0.0148. The van der Waals surface area contributed by atoms with E-state index in [0.717, 1.165) is 43.3 Å². The van der Waals surface area contributed by atoms with Crippen LogP contribution in [0.2, 0.25) is 5.02 Å². The van der Waals surface area contributed by atoms with Gasteiger partial charge in [-0.25, -0.2) is 4.98 Å². The Hall–Kier alpha value is -2.47. The number of amides is 1. The molecule has 0 unspecified atom stereocenters. The van der Waals surface area contributed by atoms with E-state index >= 15 is 0 Å². The molecule has 0 bridgehead atoms. The molecule has 0 radical (unpaired) electrons. The predicted molar refractivity (Wildman–Crippen MR) is 120 cm³/mol. The first-order valence-corrected chi connectivity index (χ1v) is 10.9. The molecule has 0 N–H and O–H groups in total. The van der Waals surface area contributed by atoms with Crippen LogP contribution in [0.25, 0.3) is 16.6 Å². The lowest BCUT2D eigenvalue weighted by molar-refractivity contribution is 0.0645.